The number of hydrogen-bond donors (Lipinski definition) is 1. The molecule has 0 aromatic rings. The summed E-state index contributed by atoms with van der Waals surface area (Å²) in [5, 5.41) is 0. The smallest absolute Gasteiger partial charge is 0.226 e. The molecule has 2 aliphatic heterocycles. The molecular formula is C12H23N3O. The fourth-order valence-electron chi connectivity index (χ4n) is 2.82. The number of hydrogen-bond acceptors (Lipinski definition) is 3. The Balaban J connectivity index is 1.97. The maximum atomic E-state index is 12.1. The Labute approximate surface area is 97.8 Å². The highest BCUT2D eigenvalue weighted by Crippen LogP contribution is 2.21. The van der Waals surface area contributed by atoms with Crippen molar-refractivity contribution in [1.29, 1.82) is 0 Å². The van der Waals surface area contributed by atoms with Gasteiger partial charge in [0, 0.05) is 38.1 Å². The van der Waals surface area contributed by atoms with Crippen LogP contribution in [0, 0.1) is 5.92 Å². The molecule has 2 atom stereocenters. The molecule has 2 unspecified atom stereocenters. The van der Waals surface area contributed by atoms with Crippen LogP contribution in [-0.4, -0.2) is 54.5 Å². The van der Waals surface area contributed by atoms with Gasteiger partial charge in [-0.3, -0.25) is 9.69 Å². The van der Waals surface area contributed by atoms with Crippen LogP contribution in [0.5, 0.6) is 0 Å². The zero-order chi connectivity index (χ0) is 11.5. The van der Waals surface area contributed by atoms with Crippen molar-refractivity contribution in [2.24, 2.45) is 11.7 Å². The van der Waals surface area contributed by atoms with Crippen molar-refractivity contribution in [1.82, 2.24) is 9.80 Å². The number of nitrogens with zero attached hydrogens (tertiary/aromatic N) is 2. The lowest BCUT2D eigenvalue weighted by Crippen LogP contribution is -2.43. The first kappa shape index (κ1) is 11.9. The summed E-state index contributed by atoms with van der Waals surface area (Å²) in [6.07, 6.45) is 3.65. The molecule has 92 valence electrons. The summed E-state index contributed by atoms with van der Waals surface area (Å²) in [5.74, 6) is 0.226. The van der Waals surface area contributed by atoms with Gasteiger partial charge in [-0.15, -0.1) is 0 Å². The van der Waals surface area contributed by atoms with E-state index in [1.54, 1.807) is 0 Å². The minimum atomic E-state index is -0.0204. The number of rotatable bonds is 2. The molecular weight excluding hydrogens is 202 g/mol. The molecule has 1 amide bonds. The molecule has 0 aliphatic carbocycles. The van der Waals surface area contributed by atoms with Crippen LogP contribution in [0.25, 0.3) is 0 Å². The fourth-order valence-corrected chi connectivity index (χ4v) is 2.82. The van der Waals surface area contributed by atoms with Crippen molar-refractivity contribution in [2.45, 2.75) is 32.2 Å². The van der Waals surface area contributed by atoms with E-state index < -0.39 is 0 Å². The highest BCUT2D eigenvalue weighted by atomic mass is 16.2. The zero-order valence-electron chi connectivity index (χ0n) is 10.2. The number of fused-ring (bicyclic) bond motifs is 1. The van der Waals surface area contributed by atoms with Gasteiger partial charge < -0.3 is 10.6 Å². The lowest BCUT2D eigenvalue weighted by molar-refractivity contribution is -0.134. The highest BCUT2D eigenvalue weighted by molar-refractivity contribution is 5.78. The topological polar surface area (TPSA) is 49.6 Å². The van der Waals surface area contributed by atoms with Crippen molar-refractivity contribution < 1.29 is 4.79 Å². The molecule has 4 nitrogen and oxygen atoms in total. The molecule has 2 fully saturated rings. The summed E-state index contributed by atoms with van der Waals surface area (Å²) in [6, 6.07) is 0.608. The third-order valence-corrected chi connectivity index (χ3v) is 3.89. The third-order valence-electron chi connectivity index (χ3n) is 3.89. The number of carbonyl (C=O) groups is 1. The van der Waals surface area contributed by atoms with E-state index in [1.165, 1.54) is 19.4 Å². The maximum Gasteiger partial charge on any atom is 0.226 e. The molecule has 2 aliphatic rings. The molecule has 0 bridgehead atoms. The molecule has 2 heterocycles. The second-order valence-electron chi connectivity index (χ2n) is 5.11. The second-order valence-corrected chi connectivity index (χ2v) is 5.11. The van der Waals surface area contributed by atoms with Crippen LogP contribution < -0.4 is 5.73 Å². The lowest BCUT2D eigenvalue weighted by Gasteiger charge is -2.27. The Morgan fingerprint density at radius 1 is 1.38 bits per heavy atom. The maximum absolute atomic E-state index is 12.1. The summed E-state index contributed by atoms with van der Waals surface area (Å²) in [6.45, 7) is 6.60. The largest absolute Gasteiger partial charge is 0.341 e. The second kappa shape index (κ2) is 5.15. The van der Waals surface area contributed by atoms with E-state index in [4.69, 9.17) is 5.73 Å². The highest BCUT2D eigenvalue weighted by Gasteiger charge is 2.31. The van der Waals surface area contributed by atoms with Crippen LogP contribution >= 0.6 is 0 Å². The van der Waals surface area contributed by atoms with Crippen LogP contribution in [0.15, 0.2) is 0 Å². The summed E-state index contributed by atoms with van der Waals surface area (Å²) < 4.78 is 0. The Morgan fingerprint density at radius 3 is 2.88 bits per heavy atom. The predicted octanol–water partition coefficient (Wildman–Crippen LogP) is 0.278. The molecule has 16 heavy (non-hydrogen) atoms. The van der Waals surface area contributed by atoms with Gasteiger partial charge in [0.25, 0.3) is 0 Å². The van der Waals surface area contributed by atoms with Gasteiger partial charge >= 0.3 is 0 Å². The van der Waals surface area contributed by atoms with Crippen LogP contribution in [0.2, 0.25) is 0 Å². The summed E-state index contributed by atoms with van der Waals surface area (Å²) >= 11 is 0. The van der Waals surface area contributed by atoms with E-state index in [0.717, 1.165) is 26.1 Å². The fraction of sp³-hybridized carbons (Fsp3) is 0.917. The zero-order valence-corrected chi connectivity index (χ0v) is 10.2. The minimum absolute atomic E-state index is 0.0204. The van der Waals surface area contributed by atoms with E-state index in [0.29, 0.717) is 12.6 Å². The van der Waals surface area contributed by atoms with Crippen molar-refractivity contribution in [3.63, 3.8) is 0 Å². The van der Waals surface area contributed by atoms with Gasteiger partial charge in [-0.1, -0.05) is 6.92 Å². The van der Waals surface area contributed by atoms with Crippen LogP contribution in [0.1, 0.15) is 26.2 Å². The van der Waals surface area contributed by atoms with E-state index in [1.807, 2.05) is 11.8 Å². The van der Waals surface area contributed by atoms with Gasteiger partial charge in [-0.05, 0) is 25.8 Å². The molecule has 0 saturated carbocycles. The first-order chi connectivity index (χ1) is 7.72. The van der Waals surface area contributed by atoms with Crippen molar-refractivity contribution >= 4 is 5.91 Å². The molecule has 0 aromatic carbocycles. The standard InChI is InChI=1S/C12H23N3O/c1-10(8-13)12(16)15-7-3-6-14-5-2-4-11(14)9-15/h10-11H,2-9,13H2,1H3. The summed E-state index contributed by atoms with van der Waals surface area (Å²) in [5.41, 5.74) is 5.57. The Kier molecular flexibility index (Phi) is 3.82. The Bertz CT molecular complexity index is 257. The summed E-state index contributed by atoms with van der Waals surface area (Å²) in [7, 11) is 0. The minimum Gasteiger partial charge on any atom is -0.341 e. The van der Waals surface area contributed by atoms with Gasteiger partial charge in [0.1, 0.15) is 0 Å². The van der Waals surface area contributed by atoms with Gasteiger partial charge in [0.2, 0.25) is 5.91 Å². The first-order valence-corrected chi connectivity index (χ1v) is 6.45. The van der Waals surface area contributed by atoms with E-state index in [-0.39, 0.29) is 11.8 Å². The number of carbonyl (C=O) groups excluding carboxylic acids is 1. The van der Waals surface area contributed by atoms with Gasteiger partial charge in [0.05, 0.1) is 0 Å². The van der Waals surface area contributed by atoms with E-state index in [9.17, 15) is 4.79 Å². The third kappa shape index (κ3) is 2.38. The van der Waals surface area contributed by atoms with Crippen molar-refractivity contribution in [3.8, 4) is 0 Å². The normalized spacial score (nSPS) is 28.6. The monoisotopic (exact) mass is 225 g/mol. The van der Waals surface area contributed by atoms with Gasteiger partial charge in [-0.25, -0.2) is 0 Å². The Hall–Kier alpha value is -0.610. The van der Waals surface area contributed by atoms with Crippen LogP contribution in [-0.2, 0) is 4.79 Å². The van der Waals surface area contributed by atoms with E-state index >= 15 is 0 Å². The lowest BCUT2D eigenvalue weighted by atomic mass is 10.1. The molecule has 2 N–H and O–H groups in total. The molecule has 0 spiro atoms. The molecule has 2 saturated heterocycles. The SMILES string of the molecule is CC(CN)C(=O)N1CCCN2CCCC2C1. The van der Waals surface area contributed by atoms with Gasteiger partial charge in [-0.2, -0.15) is 0 Å². The quantitative estimate of drug-likeness (QED) is 0.734. The van der Waals surface area contributed by atoms with Crippen LogP contribution in [0.4, 0.5) is 0 Å². The Morgan fingerprint density at radius 2 is 2.12 bits per heavy atom. The van der Waals surface area contributed by atoms with Crippen molar-refractivity contribution in [3.05, 3.63) is 0 Å². The number of amides is 1. The van der Waals surface area contributed by atoms with Crippen molar-refractivity contribution in [2.75, 3.05) is 32.7 Å². The van der Waals surface area contributed by atoms with Gasteiger partial charge in [0.15, 0.2) is 0 Å². The molecule has 0 radical (unpaired) electrons. The first-order valence-electron chi connectivity index (χ1n) is 6.45. The van der Waals surface area contributed by atoms with Crippen LogP contribution in [0.3, 0.4) is 0 Å². The average Bonchev–Trinajstić information content (AvgIpc) is 2.64. The predicted molar refractivity (Wildman–Crippen MR) is 64.0 cm³/mol. The molecule has 0 aromatic heterocycles. The number of nitrogens with two attached hydrogens (primary N) is 1. The summed E-state index contributed by atoms with van der Waals surface area (Å²) in [4.78, 5) is 16.7. The molecule has 4 heteroatoms. The average molecular weight is 225 g/mol. The van der Waals surface area contributed by atoms with E-state index in [2.05, 4.69) is 4.90 Å². The molecule has 2 rings (SSSR count).